The molecule has 0 aliphatic heterocycles. The van der Waals surface area contributed by atoms with Gasteiger partial charge in [-0.2, -0.15) is 0 Å². The van der Waals surface area contributed by atoms with Gasteiger partial charge in [0.1, 0.15) is 0 Å². The van der Waals surface area contributed by atoms with Gasteiger partial charge in [0.2, 0.25) is 0 Å². The van der Waals surface area contributed by atoms with E-state index >= 15 is 0 Å². The lowest BCUT2D eigenvalue weighted by Gasteiger charge is -2.14. The Balaban J connectivity index is 2.61. The number of nitrogens with one attached hydrogen (secondary N) is 2. The maximum Gasteiger partial charge on any atom is 0.0992 e. The molecule has 0 atom stereocenters. The van der Waals surface area contributed by atoms with Gasteiger partial charge in [-0.05, 0) is 44.1 Å². The molecule has 0 aromatic heterocycles. The van der Waals surface area contributed by atoms with E-state index in [2.05, 4.69) is 60.9 Å². The molecule has 0 heterocycles. The van der Waals surface area contributed by atoms with Crippen molar-refractivity contribution in [2.24, 2.45) is 0 Å². The lowest BCUT2D eigenvalue weighted by Crippen LogP contribution is -2.21. The monoisotopic (exact) mass is 282 g/mol. The predicted octanol–water partition coefficient (Wildman–Crippen LogP) is 5.02. The number of anilines is 1. The summed E-state index contributed by atoms with van der Waals surface area (Å²) in [5.74, 6) is 1.04. The molecule has 0 aliphatic rings. The molecule has 0 bridgehead atoms. The minimum absolute atomic E-state index is 0.802. The molecular formula is C19H26N2. The topological polar surface area (TPSA) is 24.1 Å². The number of benzene rings is 1. The third kappa shape index (κ3) is 7.21. The zero-order chi connectivity index (χ0) is 15.3. The first-order valence-electron chi connectivity index (χ1n) is 7.50. The molecule has 1 aromatic carbocycles. The average molecular weight is 282 g/mol. The molecule has 2 N–H and O–H groups in total. The normalized spacial score (nSPS) is 13.1. The Morgan fingerprint density at radius 2 is 1.86 bits per heavy atom. The van der Waals surface area contributed by atoms with E-state index in [1.165, 1.54) is 5.57 Å². The minimum atomic E-state index is 0.802. The molecule has 0 radical (unpaired) electrons. The first-order valence-corrected chi connectivity index (χ1v) is 7.50. The van der Waals surface area contributed by atoms with E-state index in [0.717, 1.165) is 24.5 Å². The van der Waals surface area contributed by atoms with Crippen LogP contribution in [0, 0.1) is 0 Å². The van der Waals surface area contributed by atoms with Crippen LogP contribution in [-0.4, -0.2) is 6.54 Å². The number of hydrogen-bond acceptors (Lipinski definition) is 2. The fourth-order valence-corrected chi connectivity index (χ4v) is 1.79. The summed E-state index contributed by atoms with van der Waals surface area (Å²) in [5, 5.41) is 6.86. The van der Waals surface area contributed by atoms with E-state index in [9.17, 15) is 0 Å². The van der Waals surface area contributed by atoms with E-state index < -0.39 is 0 Å². The van der Waals surface area contributed by atoms with Crippen molar-refractivity contribution in [3.8, 4) is 0 Å². The molecule has 1 rings (SSSR count). The summed E-state index contributed by atoms with van der Waals surface area (Å²) in [4.78, 5) is 0. The van der Waals surface area contributed by atoms with Gasteiger partial charge >= 0.3 is 0 Å². The van der Waals surface area contributed by atoms with Crippen LogP contribution in [0.1, 0.15) is 27.2 Å². The van der Waals surface area contributed by atoms with Crippen LogP contribution in [0.2, 0.25) is 0 Å². The molecule has 0 fully saturated rings. The lowest BCUT2D eigenvalue weighted by molar-refractivity contribution is 0.876. The van der Waals surface area contributed by atoms with Gasteiger partial charge < -0.3 is 10.6 Å². The van der Waals surface area contributed by atoms with Gasteiger partial charge in [-0.25, -0.2) is 0 Å². The summed E-state index contributed by atoms with van der Waals surface area (Å²) in [7, 11) is 0. The van der Waals surface area contributed by atoms with Crippen molar-refractivity contribution in [1.82, 2.24) is 5.32 Å². The SMILES string of the molecule is C\C=C/C=C\C(=C/C)CN/C(=C\CC)Nc1ccccc1. The zero-order valence-corrected chi connectivity index (χ0v) is 13.3. The number of para-hydroxylation sites is 1. The molecular weight excluding hydrogens is 256 g/mol. The third-order valence-electron chi connectivity index (χ3n) is 2.93. The van der Waals surface area contributed by atoms with Crippen molar-refractivity contribution < 1.29 is 0 Å². The highest BCUT2D eigenvalue weighted by Crippen LogP contribution is 2.08. The van der Waals surface area contributed by atoms with Crippen LogP contribution in [0.25, 0.3) is 0 Å². The molecule has 2 nitrogen and oxygen atoms in total. The maximum absolute atomic E-state index is 3.45. The first kappa shape index (κ1) is 16.8. The van der Waals surface area contributed by atoms with Gasteiger partial charge in [-0.1, -0.05) is 55.5 Å². The largest absolute Gasteiger partial charge is 0.368 e. The molecule has 0 aliphatic carbocycles. The molecule has 0 spiro atoms. The summed E-state index contributed by atoms with van der Waals surface area (Å²) < 4.78 is 0. The lowest BCUT2D eigenvalue weighted by atomic mass is 10.2. The fourth-order valence-electron chi connectivity index (χ4n) is 1.79. The van der Waals surface area contributed by atoms with E-state index in [1.54, 1.807) is 0 Å². The van der Waals surface area contributed by atoms with Crippen LogP contribution in [-0.2, 0) is 0 Å². The van der Waals surface area contributed by atoms with Crippen LogP contribution in [0.3, 0.4) is 0 Å². The average Bonchev–Trinajstić information content (AvgIpc) is 2.52. The summed E-state index contributed by atoms with van der Waals surface area (Å²) in [5.41, 5.74) is 2.35. The van der Waals surface area contributed by atoms with Gasteiger partial charge in [0.15, 0.2) is 0 Å². The van der Waals surface area contributed by atoms with Crippen molar-refractivity contribution in [3.05, 3.63) is 78.2 Å². The molecule has 0 unspecified atom stereocenters. The standard InChI is InChI=1S/C19H26N2/c1-4-7-9-13-17(6-3)16-20-19(12-5-2)21-18-14-10-8-11-15-18/h4,6-15,20-21H,5,16H2,1-3H3/b7-4-,13-9-,17-6+,19-12+. The highest BCUT2D eigenvalue weighted by Gasteiger charge is 1.98. The van der Waals surface area contributed by atoms with Gasteiger partial charge in [0.25, 0.3) is 0 Å². The van der Waals surface area contributed by atoms with Gasteiger partial charge in [-0.3, -0.25) is 0 Å². The molecule has 112 valence electrons. The Morgan fingerprint density at radius 3 is 2.48 bits per heavy atom. The highest BCUT2D eigenvalue weighted by molar-refractivity contribution is 5.47. The smallest absolute Gasteiger partial charge is 0.0992 e. The second-order valence-electron chi connectivity index (χ2n) is 4.62. The summed E-state index contributed by atoms with van der Waals surface area (Å²) in [6.45, 7) is 7.02. The van der Waals surface area contributed by atoms with Crippen molar-refractivity contribution in [1.29, 1.82) is 0 Å². The zero-order valence-electron chi connectivity index (χ0n) is 13.3. The van der Waals surface area contributed by atoms with Crippen molar-refractivity contribution in [2.75, 3.05) is 11.9 Å². The molecule has 21 heavy (non-hydrogen) atoms. The van der Waals surface area contributed by atoms with E-state index in [-0.39, 0.29) is 0 Å². The quantitative estimate of drug-likeness (QED) is 0.654. The Hall–Kier alpha value is -2.22. The van der Waals surface area contributed by atoms with Crippen molar-refractivity contribution in [3.63, 3.8) is 0 Å². The Kier molecular flexibility index (Phi) is 8.46. The van der Waals surface area contributed by atoms with Gasteiger partial charge in [0, 0.05) is 12.2 Å². The van der Waals surface area contributed by atoms with Gasteiger partial charge in [0.05, 0.1) is 5.82 Å². The van der Waals surface area contributed by atoms with Crippen LogP contribution >= 0.6 is 0 Å². The maximum atomic E-state index is 3.45. The Labute approximate surface area is 129 Å². The molecule has 0 amide bonds. The molecule has 0 saturated carbocycles. The second kappa shape index (κ2) is 10.6. The fraction of sp³-hybridized carbons (Fsp3) is 0.263. The molecule has 1 aromatic rings. The minimum Gasteiger partial charge on any atom is -0.368 e. The van der Waals surface area contributed by atoms with Crippen molar-refractivity contribution in [2.45, 2.75) is 27.2 Å². The molecule has 2 heteroatoms. The van der Waals surface area contributed by atoms with E-state index in [1.807, 2.05) is 37.3 Å². The first-order chi connectivity index (χ1) is 10.3. The van der Waals surface area contributed by atoms with Crippen LogP contribution in [0.5, 0.6) is 0 Å². The Bertz CT molecular complexity index is 508. The predicted molar refractivity (Wildman–Crippen MR) is 94.2 cm³/mol. The van der Waals surface area contributed by atoms with Gasteiger partial charge in [-0.15, -0.1) is 0 Å². The number of allylic oxidation sites excluding steroid dienone is 5. The van der Waals surface area contributed by atoms with Crippen LogP contribution in [0.4, 0.5) is 5.69 Å². The van der Waals surface area contributed by atoms with E-state index in [4.69, 9.17) is 0 Å². The second-order valence-corrected chi connectivity index (χ2v) is 4.62. The third-order valence-corrected chi connectivity index (χ3v) is 2.93. The Morgan fingerprint density at radius 1 is 1.10 bits per heavy atom. The molecule has 0 saturated heterocycles. The van der Waals surface area contributed by atoms with Crippen molar-refractivity contribution >= 4 is 5.69 Å². The highest BCUT2D eigenvalue weighted by atomic mass is 15.1. The van der Waals surface area contributed by atoms with Crippen LogP contribution in [0.15, 0.2) is 78.2 Å². The summed E-state index contributed by atoms with van der Waals surface area (Å²) in [6, 6.07) is 10.2. The number of hydrogen-bond donors (Lipinski definition) is 2. The van der Waals surface area contributed by atoms with Crippen LogP contribution < -0.4 is 10.6 Å². The van der Waals surface area contributed by atoms with E-state index in [0.29, 0.717) is 0 Å². The summed E-state index contributed by atoms with van der Waals surface area (Å²) in [6.07, 6.45) is 13.5. The summed E-state index contributed by atoms with van der Waals surface area (Å²) >= 11 is 0. The number of rotatable bonds is 8.